The molecule has 0 aliphatic carbocycles. The second kappa shape index (κ2) is 7.11. The predicted octanol–water partition coefficient (Wildman–Crippen LogP) is 2.27. The largest absolute Gasteiger partial charge is 0.334 e. The van der Waals surface area contributed by atoms with Crippen molar-refractivity contribution in [3.05, 3.63) is 21.9 Å². The molecule has 2 unspecified atom stereocenters. The molecule has 1 saturated heterocycles. The van der Waals surface area contributed by atoms with Crippen LogP contribution in [0.25, 0.3) is 0 Å². The molecule has 3 heterocycles. The van der Waals surface area contributed by atoms with Gasteiger partial charge in [-0.2, -0.15) is 0 Å². The summed E-state index contributed by atoms with van der Waals surface area (Å²) < 4.78 is 0. The molecule has 1 fully saturated rings. The number of carbonyl (C=O) groups excluding carboxylic acids is 1. The van der Waals surface area contributed by atoms with Crippen LogP contribution in [0.2, 0.25) is 0 Å². The van der Waals surface area contributed by atoms with E-state index in [1.807, 2.05) is 18.4 Å². The maximum Gasteiger partial charge on any atom is 0.237 e. The number of rotatable bonds is 4. The second-order valence-electron chi connectivity index (χ2n) is 6.42. The number of thiophene rings is 1. The topological polar surface area (TPSA) is 35.6 Å². The van der Waals surface area contributed by atoms with Gasteiger partial charge in [0.2, 0.25) is 5.91 Å². The van der Waals surface area contributed by atoms with Crippen molar-refractivity contribution >= 4 is 17.2 Å². The molecule has 1 N–H and O–H groups in total. The summed E-state index contributed by atoms with van der Waals surface area (Å²) in [4.78, 5) is 18.8. The van der Waals surface area contributed by atoms with E-state index in [0.717, 1.165) is 32.5 Å². The van der Waals surface area contributed by atoms with Crippen molar-refractivity contribution in [3.8, 4) is 0 Å². The van der Waals surface area contributed by atoms with Gasteiger partial charge in [-0.15, -0.1) is 11.3 Å². The zero-order valence-corrected chi connectivity index (χ0v) is 14.5. The summed E-state index contributed by atoms with van der Waals surface area (Å²) in [5.41, 5.74) is 1.39. The van der Waals surface area contributed by atoms with Crippen LogP contribution in [-0.4, -0.2) is 55.0 Å². The van der Waals surface area contributed by atoms with Gasteiger partial charge in [-0.1, -0.05) is 6.92 Å². The number of piperidine rings is 1. The van der Waals surface area contributed by atoms with Gasteiger partial charge in [-0.25, -0.2) is 0 Å². The molecule has 5 heteroatoms. The number of fused-ring (bicyclic) bond motifs is 1. The van der Waals surface area contributed by atoms with E-state index in [1.165, 1.54) is 23.3 Å². The highest BCUT2D eigenvalue weighted by molar-refractivity contribution is 7.10. The van der Waals surface area contributed by atoms with E-state index in [2.05, 4.69) is 33.5 Å². The first-order chi connectivity index (χ1) is 10.7. The van der Waals surface area contributed by atoms with Gasteiger partial charge < -0.3 is 10.2 Å². The first kappa shape index (κ1) is 16.0. The number of hydrogen-bond donors (Lipinski definition) is 1. The smallest absolute Gasteiger partial charge is 0.237 e. The molecule has 2 aliphatic rings. The standard InChI is InChI=1S/C17H27N3OS/c1-3-15-14-7-10-22-16(14)6-9-20(15)17(21)12-19-8-4-5-13(11-19)18-2/h7,10,13,15,18H,3-6,8-9,11-12H2,1-2H3. The fourth-order valence-electron chi connectivity index (χ4n) is 3.85. The Morgan fingerprint density at radius 2 is 2.32 bits per heavy atom. The van der Waals surface area contributed by atoms with E-state index < -0.39 is 0 Å². The predicted molar refractivity (Wildman–Crippen MR) is 91.3 cm³/mol. The maximum absolute atomic E-state index is 12.8. The molecule has 0 spiro atoms. The lowest BCUT2D eigenvalue weighted by Gasteiger charge is -2.38. The highest BCUT2D eigenvalue weighted by atomic mass is 32.1. The van der Waals surface area contributed by atoms with Crippen LogP contribution in [-0.2, 0) is 11.2 Å². The van der Waals surface area contributed by atoms with Crippen LogP contribution in [0.1, 0.15) is 42.7 Å². The summed E-state index contributed by atoms with van der Waals surface area (Å²) in [5, 5.41) is 5.52. The summed E-state index contributed by atoms with van der Waals surface area (Å²) in [6.45, 7) is 5.70. The van der Waals surface area contributed by atoms with Crippen molar-refractivity contribution in [2.24, 2.45) is 0 Å². The fraction of sp³-hybridized carbons (Fsp3) is 0.706. The normalized spacial score (nSPS) is 26.0. The van der Waals surface area contributed by atoms with Crippen LogP contribution in [0, 0.1) is 0 Å². The zero-order chi connectivity index (χ0) is 15.5. The highest BCUT2D eigenvalue weighted by Crippen LogP contribution is 2.35. The van der Waals surface area contributed by atoms with Gasteiger partial charge in [-0.3, -0.25) is 9.69 Å². The molecule has 1 aromatic heterocycles. The van der Waals surface area contributed by atoms with Crippen LogP contribution in [0.15, 0.2) is 11.4 Å². The number of hydrogen-bond acceptors (Lipinski definition) is 4. The average Bonchev–Trinajstić information content (AvgIpc) is 3.02. The summed E-state index contributed by atoms with van der Waals surface area (Å²) in [6.07, 6.45) is 4.44. The monoisotopic (exact) mass is 321 g/mol. The number of likely N-dealkylation sites (N-methyl/N-ethyl adjacent to an activating group) is 1. The zero-order valence-electron chi connectivity index (χ0n) is 13.7. The van der Waals surface area contributed by atoms with Gasteiger partial charge in [0.25, 0.3) is 0 Å². The van der Waals surface area contributed by atoms with Gasteiger partial charge in [0.1, 0.15) is 0 Å². The quantitative estimate of drug-likeness (QED) is 0.924. The van der Waals surface area contributed by atoms with Gasteiger partial charge in [0.15, 0.2) is 0 Å². The molecule has 1 aromatic rings. The minimum Gasteiger partial charge on any atom is -0.334 e. The Hall–Kier alpha value is -0.910. The van der Waals surface area contributed by atoms with E-state index in [9.17, 15) is 4.79 Å². The fourth-order valence-corrected chi connectivity index (χ4v) is 4.78. The Bertz CT molecular complexity index is 516. The highest BCUT2D eigenvalue weighted by Gasteiger charge is 2.31. The molecule has 0 saturated carbocycles. The SMILES string of the molecule is CCC1c2ccsc2CCN1C(=O)CN1CCCC(NC)C1. The molecular weight excluding hydrogens is 294 g/mol. The van der Waals surface area contributed by atoms with Crippen LogP contribution < -0.4 is 5.32 Å². The van der Waals surface area contributed by atoms with Crippen molar-refractivity contribution < 1.29 is 4.79 Å². The molecular formula is C17H27N3OS. The first-order valence-corrected chi connectivity index (χ1v) is 9.36. The number of carbonyl (C=O) groups is 1. The van der Waals surface area contributed by atoms with Crippen LogP contribution in [0.3, 0.4) is 0 Å². The third-order valence-corrected chi connectivity index (χ3v) is 6.07. The lowest BCUT2D eigenvalue weighted by Crippen LogP contribution is -2.50. The van der Waals surface area contributed by atoms with E-state index in [0.29, 0.717) is 18.5 Å². The molecule has 0 bridgehead atoms. The lowest BCUT2D eigenvalue weighted by atomic mass is 9.97. The Morgan fingerprint density at radius 3 is 3.09 bits per heavy atom. The molecule has 3 rings (SSSR count). The second-order valence-corrected chi connectivity index (χ2v) is 7.42. The van der Waals surface area contributed by atoms with Crippen molar-refractivity contribution in [2.75, 3.05) is 33.2 Å². The minimum absolute atomic E-state index is 0.285. The summed E-state index contributed by atoms with van der Waals surface area (Å²) in [6, 6.07) is 3.03. The Balaban J connectivity index is 1.65. The number of likely N-dealkylation sites (tertiary alicyclic amines) is 1. The van der Waals surface area contributed by atoms with E-state index in [1.54, 1.807) is 0 Å². The molecule has 1 amide bonds. The molecule has 22 heavy (non-hydrogen) atoms. The van der Waals surface area contributed by atoms with Crippen molar-refractivity contribution in [2.45, 2.75) is 44.7 Å². The average molecular weight is 321 g/mol. The summed E-state index contributed by atoms with van der Waals surface area (Å²) in [5.74, 6) is 0.306. The van der Waals surface area contributed by atoms with Gasteiger partial charge in [-0.05, 0) is 56.3 Å². The molecule has 0 aromatic carbocycles. The van der Waals surface area contributed by atoms with Gasteiger partial charge in [0.05, 0.1) is 12.6 Å². The minimum atomic E-state index is 0.285. The third-order valence-electron chi connectivity index (χ3n) is 5.07. The molecule has 0 radical (unpaired) electrons. The maximum atomic E-state index is 12.8. The van der Waals surface area contributed by atoms with Gasteiger partial charge in [0, 0.05) is 24.0 Å². The Labute approximate surface area is 137 Å². The van der Waals surface area contributed by atoms with Crippen LogP contribution in [0.4, 0.5) is 0 Å². The van der Waals surface area contributed by atoms with Crippen LogP contribution in [0.5, 0.6) is 0 Å². The van der Waals surface area contributed by atoms with Crippen LogP contribution >= 0.6 is 11.3 Å². The summed E-state index contributed by atoms with van der Waals surface area (Å²) in [7, 11) is 2.02. The molecule has 122 valence electrons. The third kappa shape index (κ3) is 3.21. The summed E-state index contributed by atoms with van der Waals surface area (Å²) >= 11 is 1.84. The lowest BCUT2D eigenvalue weighted by molar-refractivity contribution is -0.135. The molecule has 4 nitrogen and oxygen atoms in total. The first-order valence-electron chi connectivity index (χ1n) is 8.48. The van der Waals surface area contributed by atoms with E-state index >= 15 is 0 Å². The molecule has 2 atom stereocenters. The molecule has 2 aliphatic heterocycles. The van der Waals surface area contributed by atoms with E-state index in [4.69, 9.17) is 0 Å². The van der Waals surface area contributed by atoms with Crippen molar-refractivity contribution in [3.63, 3.8) is 0 Å². The Morgan fingerprint density at radius 1 is 1.45 bits per heavy atom. The van der Waals surface area contributed by atoms with Gasteiger partial charge >= 0.3 is 0 Å². The van der Waals surface area contributed by atoms with E-state index in [-0.39, 0.29) is 6.04 Å². The Kier molecular flexibility index (Phi) is 5.16. The number of amides is 1. The van der Waals surface area contributed by atoms with Crippen molar-refractivity contribution in [1.82, 2.24) is 15.1 Å². The number of nitrogens with one attached hydrogen (secondary N) is 1. The number of nitrogens with zero attached hydrogens (tertiary/aromatic N) is 2. The van der Waals surface area contributed by atoms with Crippen molar-refractivity contribution in [1.29, 1.82) is 0 Å².